The molecule has 3 rings (SSSR count). The van der Waals surface area contributed by atoms with Crippen LogP contribution in [0.4, 0.5) is 14.5 Å². The molecular formula is C18H17ClF2N2O. The Labute approximate surface area is 144 Å². The van der Waals surface area contributed by atoms with E-state index in [1.807, 2.05) is 0 Å². The highest BCUT2D eigenvalue weighted by atomic mass is 35.5. The lowest BCUT2D eigenvalue weighted by atomic mass is 10.0. The molecule has 0 unspecified atom stereocenters. The van der Waals surface area contributed by atoms with Crippen LogP contribution in [0.5, 0.6) is 0 Å². The van der Waals surface area contributed by atoms with Crippen molar-refractivity contribution in [1.29, 1.82) is 0 Å². The number of likely N-dealkylation sites (tertiary alicyclic amines) is 1. The summed E-state index contributed by atoms with van der Waals surface area (Å²) in [7, 11) is 0. The molecule has 1 heterocycles. The number of hydrogen-bond acceptors (Lipinski definition) is 2. The summed E-state index contributed by atoms with van der Waals surface area (Å²) in [6.45, 7) is 1.01. The molecule has 24 heavy (non-hydrogen) atoms. The molecule has 1 aliphatic heterocycles. The van der Waals surface area contributed by atoms with Crippen molar-refractivity contribution < 1.29 is 13.6 Å². The van der Waals surface area contributed by atoms with Crippen molar-refractivity contribution in [2.24, 2.45) is 0 Å². The minimum absolute atomic E-state index is 0.000128. The first-order valence-corrected chi connectivity index (χ1v) is 8.17. The maximum Gasteiger partial charge on any atom is 0.256 e. The molecule has 6 heteroatoms. The lowest BCUT2D eigenvalue weighted by molar-refractivity contribution is 0.0710. The fourth-order valence-corrected chi connectivity index (χ4v) is 3.09. The van der Waals surface area contributed by atoms with Crippen molar-refractivity contribution in [3.8, 4) is 0 Å². The molecule has 1 saturated heterocycles. The zero-order chi connectivity index (χ0) is 17.1. The molecule has 1 amide bonds. The summed E-state index contributed by atoms with van der Waals surface area (Å²) in [6.07, 6.45) is 1.66. The normalized spacial score (nSPS) is 17.6. The highest BCUT2D eigenvalue weighted by molar-refractivity contribution is 6.30. The van der Waals surface area contributed by atoms with Gasteiger partial charge in [0, 0.05) is 29.8 Å². The van der Waals surface area contributed by atoms with Gasteiger partial charge in [-0.15, -0.1) is 0 Å². The molecule has 126 valence electrons. The first kappa shape index (κ1) is 16.7. The van der Waals surface area contributed by atoms with Crippen LogP contribution in [0.3, 0.4) is 0 Å². The number of anilines is 1. The van der Waals surface area contributed by atoms with Gasteiger partial charge in [0.05, 0.1) is 5.56 Å². The van der Waals surface area contributed by atoms with Crippen LogP contribution in [0.1, 0.15) is 23.2 Å². The molecule has 0 radical (unpaired) electrons. The van der Waals surface area contributed by atoms with E-state index < -0.39 is 5.82 Å². The molecule has 0 saturated carbocycles. The third-order valence-electron chi connectivity index (χ3n) is 4.07. The van der Waals surface area contributed by atoms with E-state index in [1.54, 1.807) is 17.0 Å². The van der Waals surface area contributed by atoms with Crippen molar-refractivity contribution in [3.63, 3.8) is 0 Å². The summed E-state index contributed by atoms with van der Waals surface area (Å²) in [5, 5.41) is 3.49. The Morgan fingerprint density at radius 1 is 1.21 bits per heavy atom. The smallest absolute Gasteiger partial charge is 0.256 e. The van der Waals surface area contributed by atoms with Crippen molar-refractivity contribution in [2.45, 2.75) is 18.9 Å². The number of amides is 1. The highest BCUT2D eigenvalue weighted by Gasteiger charge is 2.26. The average molecular weight is 351 g/mol. The second-order valence-corrected chi connectivity index (χ2v) is 6.31. The number of piperidine rings is 1. The maximum atomic E-state index is 14.0. The van der Waals surface area contributed by atoms with E-state index in [-0.39, 0.29) is 28.4 Å². The second kappa shape index (κ2) is 7.18. The molecule has 3 nitrogen and oxygen atoms in total. The SMILES string of the molecule is O=C(c1ccc(Cl)cc1F)N1CCC[C@@H](Nc2cccc(F)c2)C1. The molecule has 2 aromatic carbocycles. The summed E-state index contributed by atoms with van der Waals surface area (Å²) in [5.74, 6) is -1.28. The minimum Gasteiger partial charge on any atom is -0.380 e. The van der Waals surface area contributed by atoms with Crippen molar-refractivity contribution in [3.05, 3.63) is 64.7 Å². The van der Waals surface area contributed by atoms with Gasteiger partial charge in [-0.3, -0.25) is 4.79 Å². The Kier molecular flexibility index (Phi) is 5.00. The summed E-state index contributed by atoms with van der Waals surface area (Å²) in [4.78, 5) is 14.2. The molecule has 0 bridgehead atoms. The molecule has 2 aromatic rings. The lowest BCUT2D eigenvalue weighted by Gasteiger charge is -2.33. The van der Waals surface area contributed by atoms with Gasteiger partial charge < -0.3 is 10.2 Å². The molecule has 1 N–H and O–H groups in total. The summed E-state index contributed by atoms with van der Waals surface area (Å²) >= 11 is 5.73. The lowest BCUT2D eigenvalue weighted by Crippen LogP contribution is -2.45. The number of carbonyl (C=O) groups excluding carboxylic acids is 1. The molecular weight excluding hydrogens is 334 g/mol. The molecule has 1 atom stereocenters. The number of nitrogens with zero attached hydrogens (tertiary/aromatic N) is 1. The Bertz CT molecular complexity index is 754. The standard InChI is InChI=1S/C18H17ClF2N2O/c19-12-6-7-16(17(21)9-12)18(24)23-8-2-5-15(11-23)22-14-4-1-3-13(20)10-14/h1,3-4,6-7,9-10,15,22H,2,5,8,11H2/t15-/m1/s1. The predicted octanol–water partition coefficient (Wildman–Crippen LogP) is 4.33. The summed E-state index contributed by atoms with van der Waals surface area (Å²) < 4.78 is 27.2. The van der Waals surface area contributed by atoms with Crippen LogP contribution in [0.2, 0.25) is 5.02 Å². The van der Waals surface area contributed by atoms with Crippen molar-refractivity contribution in [2.75, 3.05) is 18.4 Å². The second-order valence-electron chi connectivity index (χ2n) is 5.87. The van der Waals surface area contributed by atoms with Crippen LogP contribution in [-0.2, 0) is 0 Å². The molecule has 0 aromatic heterocycles. The van der Waals surface area contributed by atoms with E-state index >= 15 is 0 Å². The molecule has 1 aliphatic rings. The quantitative estimate of drug-likeness (QED) is 0.893. The van der Waals surface area contributed by atoms with Gasteiger partial charge in [-0.1, -0.05) is 17.7 Å². The van der Waals surface area contributed by atoms with Crippen LogP contribution < -0.4 is 5.32 Å². The summed E-state index contributed by atoms with van der Waals surface area (Å²) in [6, 6.07) is 10.3. The topological polar surface area (TPSA) is 32.3 Å². The molecule has 0 aliphatic carbocycles. The van der Waals surface area contributed by atoms with Crippen LogP contribution in [-0.4, -0.2) is 29.9 Å². The van der Waals surface area contributed by atoms with Crippen LogP contribution in [0.25, 0.3) is 0 Å². The van der Waals surface area contributed by atoms with E-state index in [0.717, 1.165) is 18.9 Å². The van der Waals surface area contributed by atoms with Gasteiger partial charge in [-0.2, -0.15) is 0 Å². The maximum absolute atomic E-state index is 14.0. The fraction of sp³-hybridized carbons (Fsp3) is 0.278. The van der Waals surface area contributed by atoms with Crippen molar-refractivity contribution in [1.82, 2.24) is 4.90 Å². The van der Waals surface area contributed by atoms with Crippen LogP contribution in [0, 0.1) is 11.6 Å². The first-order valence-electron chi connectivity index (χ1n) is 7.79. The van der Waals surface area contributed by atoms with Gasteiger partial charge >= 0.3 is 0 Å². The third kappa shape index (κ3) is 3.85. The number of hydrogen-bond donors (Lipinski definition) is 1. The third-order valence-corrected chi connectivity index (χ3v) is 4.30. The average Bonchev–Trinajstić information content (AvgIpc) is 2.54. The van der Waals surface area contributed by atoms with Crippen LogP contribution in [0.15, 0.2) is 42.5 Å². The van der Waals surface area contributed by atoms with Gasteiger partial charge in [-0.05, 0) is 49.2 Å². The molecule has 1 fully saturated rings. The van der Waals surface area contributed by atoms with Gasteiger partial charge in [0.15, 0.2) is 0 Å². The summed E-state index contributed by atoms with van der Waals surface area (Å²) in [5.41, 5.74) is 0.692. The van der Waals surface area contributed by atoms with E-state index in [0.29, 0.717) is 18.8 Å². The van der Waals surface area contributed by atoms with E-state index in [2.05, 4.69) is 5.32 Å². The minimum atomic E-state index is -0.618. The van der Waals surface area contributed by atoms with E-state index in [9.17, 15) is 13.6 Å². The number of nitrogens with one attached hydrogen (secondary N) is 1. The highest BCUT2D eigenvalue weighted by Crippen LogP contribution is 2.21. The number of rotatable bonds is 3. The number of halogens is 3. The predicted molar refractivity (Wildman–Crippen MR) is 90.4 cm³/mol. The van der Waals surface area contributed by atoms with Gasteiger partial charge in [0.25, 0.3) is 5.91 Å². The zero-order valence-corrected chi connectivity index (χ0v) is 13.7. The van der Waals surface area contributed by atoms with E-state index in [1.165, 1.54) is 24.3 Å². The number of carbonyl (C=O) groups is 1. The largest absolute Gasteiger partial charge is 0.380 e. The zero-order valence-electron chi connectivity index (χ0n) is 12.9. The Morgan fingerprint density at radius 2 is 2.04 bits per heavy atom. The fourth-order valence-electron chi connectivity index (χ4n) is 2.93. The van der Waals surface area contributed by atoms with Gasteiger partial charge in [0.1, 0.15) is 11.6 Å². The van der Waals surface area contributed by atoms with Gasteiger partial charge in [0.2, 0.25) is 0 Å². The number of benzene rings is 2. The first-order chi connectivity index (χ1) is 11.5. The molecule has 0 spiro atoms. The van der Waals surface area contributed by atoms with Crippen LogP contribution >= 0.6 is 11.6 Å². The Morgan fingerprint density at radius 3 is 2.79 bits per heavy atom. The Hall–Kier alpha value is -2.14. The van der Waals surface area contributed by atoms with Crippen molar-refractivity contribution >= 4 is 23.2 Å². The monoisotopic (exact) mass is 350 g/mol. The van der Waals surface area contributed by atoms with Gasteiger partial charge in [-0.25, -0.2) is 8.78 Å². The Balaban J connectivity index is 1.69. The van der Waals surface area contributed by atoms with E-state index in [4.69, 9.17) is 11.6 Å².